The topological polar surface area (TPSA) is 17.1 Å². The van der Waals surface area contributed by atoms with Crippen molar-refractivity contribution in [3.8, 4) is 0 Å². The van der Waals surface area contributed by atoms with Crippen LogP contribution in [0.5, 0.6) is 0 Å². The number of rotatable bonds is 1. The Morgan fingerprint density at radius 1 is 1.11 bits per heavy atom. The maximum Gasteiger partial charge on any atom is 2.00 e. The summed E-state index contributed by atoms with van der Waals surface area (Å²) in [5.41, 5.74) is 0.729. The summed E-state index contributed by atoms with van der Waals surface area (Å²) in [5, 5.41) is 0. The number of carbonyl (C=O) groups excluding carboxylic acids is 1. The molecule has 0 aliphatic carbocycles. The average Bonchev–Trinajstić information content (AvgIpc) is 1.90. The Labute approximate surface area is 64.8 Å². The van der Waals surface area contributed by atoms with Gasteiger partial charge >= 0.3 is 17.4 Å². The van der Waals surface area contributed by atoms with E-state index in [1.165, 1.54) is 0 Å². The Bertz CT molecular complexity index is 172. The molecule has 1 nitrogen and oxygen atoms in total. The van der Waals surface area contributed by atoms with Crippen LogP contribution in [0.2, 0.25) is 0 Å². The molecule has 0 saturated heterocycles. The zero-order valence-corrected chi connectivity index (χ0v) is 6.06. The van der Waals surface area contributed by atoms with Gasteiger partial charge in [0.1, 0.15) is 6.29 Å². The zero-order chi connectivity index (χ0) is 5.82. The molecule has 0 bridgehead atoms. The molecule has 1 aromatic rings. The van der Waals surface area contributed by atoms with E-state index in [4.69, 9.17) is 0 Å². The Kier molecular flexibility index (Phi) is 4.04. The van der Waals surface area contributed by atoms with Crippen LogP contribution in [-0.2, 0) is 17.4 Å². The van der Waals surface area contributed by atoms with E-state index in [1.54, 1.807) is 12.1 Å². The molecule has 0 heterocycles. The summed E-state index contributed by atoms with van der Waals surface area (Å²) in [5.74, 6) is 0. The van der Waals surface area contributed by atoms with Crippen molar-refractivity contribution in [2.24, 2.45) is 0 Å². The second-order valence-electron chi connectivity index (χ2n) is 1.53. The van der Waals surface area contributed by atoms with Crippen molar-refractivity contribution in [3.63, 3.8) is 0 Å². The Morgan fingerprint density at radius 3 is 2.00 bits per heavy atom. The minimum atomic E-state index is 0. The summed E-state index contributed by atoms with van der Waals surface area (Å²) in [6.07, 6.45) is 0.833. The van der Waals surface area contributed by atoms with Gasteiger partial charge in [-0.1, -0.05) is 30.3 Å². The van der Waals surface area contributed by atoms with Crippen molar-refractivity contribution in [2.75, 3.05) is 0 Å². The molecule has 44 valence electrons. The minimum absolute atomic E-state index is 0. The van der Waals surface area contributed by atoms with Gasteiger partial charge in [-0.15, -0.1) is 0 Å². The minimum Gasteiger partial charge on any atom is -0.298 e. The SMILES string of the molecule is O=Cc1ccccc1.[Cr+2]. The van der Waals surface area contributed by atoms with Crippen molar-refractivity contribution in [1.82, 2.24) is 0 Å². The standard InChI is InChI=1S/C7H6O.Cr/c8-6-7-4-2-1-3-5-7;/h1-6H;/q;+2. The monoisotopic (exact) mass is 158 g/mol. The third-order valence-electron chi connectivity index (χ3n) is 0.936. The summed E-state index contributed by atoms with van der Waals surface area (Å²) in [6.45, 7) is 0. The molecule has 1 aromatic carbocycles. The summed E-state index contributed by atoms with van der Waals surface area (Å²) in [4.78, 5) is 10.0. The molecule has 0 radical (unpaired) electrons. The van der Waals surface area contributed by atoms with E-state index in [2.05, 4.69) is 0 Å². The van der Waals surface area contributed by atoms with Gasteiger partial charge in [0.15, 0.2) is 0 Å². The normalized spacial score (nSPS) is 7.56. The van der Waals surface area contributed by atoms with Crippen LogP contribution in [0, 0.1) is 0 Å². The summed E-state index contributed by atoms with van der Waals surface area (Å²) in [7, 11) is 0. The number of aldehydes is 1. The summed E-state index contributed by atoms with van der Waals surface area (Å²) in [6, 6.07) is 9.10. The first-order chi connectivity index (χ1) is 3.93. The quantitative estimate of drug-likeness (QED) is 0.566. The van der Waals surface area contributed by atoms with Gasteiger partial charge in [0, 0.05) is 5.56 Å². The summed E-state index contributed by atoms with van der Waals surface area (Å²) < 4.78 is 0. The molecule has 0 fully saturated rings. The van der Waals surface area contributed by atoms with Crippen LogP contribution >= 0.6 is 0 Å². The third kappa shape index (κ3) is 2.46. The molecule has 0 unspecified atom stereocenters. The van der Waals surface area contributed by atoms with Gasteiger partial charge < -0.3 is 0 Å². The molecule has 9 heavy (non-hydrogen) atoms. The van der Waals surface area contributed by atoms with Crippen molar-refractivity contribution in [3.05, 3.63) is 35.9 Å². The second-order valence-corrected chi connectivity index (χ2v) is 1.53. The molecule has 2 heteroatoms. The van der Waals surface area contributed by atoms with Gasteiger partial charge in [0.2, 0.25) is 0 Å². The van der Waals surface area contributed by atoms with E-state index in [1.807, 2.05) is 18.2 Å². The van der Waals surface area contributed by atoms with Gasteiger partial charge in [-0.25, -0.2) is 0 Å². The predicted octanol–water partition coefficient (Wildman–Crippen LogP) is 1.50. The Hall–Kier alpha value is -0.578. The number of carbonyl (C=O) groups is 1. The zero-order valence-electron chi connectivity index (χ0n) is 4.78. The largest absolute Gasteiger partial charge is 2.00 e. The maximum absolute atomic E-state index is 10.0. The number of hydrogen-bond donors (Lipinski definition) is 0. The first kappa shape index (κ1) is 8.42. The van der Waals surface area contributed by atoms with E-state index < -0.39 is 0 Å². The van der Waals surface area contributed by atoms with E-state index in [0.29, 0.717) is 0 Å². The molecule has 0 atom stereocenters. The van der Waals surface area contributed by atoms with E-state index in [0.717, 1.165) is 11.8 Å². The fraction of sp³-hybridized carbons (Fsp3) is 0. The molecule has 0 saturated carbocycles. The molecule has 0 N–H and O–H groups in total. The molecule has 0 aliphatic rings. The van der Waals surface area contributed by atoms with Crippen molar-refractivity contribution in [2.45, 2.75) is 0 Å². The van der Waals surface area contributed by atoms with Gasteiger partial charge in [-0.3, -0.25) is 4.79 Å². The third-order valence-corrected chi connectivity index (χ3v) is 0.936. The maximum atomic E-state index is 10.0. The van der Waals surface area contributed by atoms with Crippen LogP contribution in [0.4, 0.5) is 0 Å². The van der Waals surface area contributed by atoms with E-state index >= 15 is 0 Å². The predicted molar refractivity (Wildman–Crippen MR) is 31.8 cm³/mol. The van der Waals surface area contributed by atoms with Crippen LogP contribution in [-0.4, -0.2) is 6.29 Å². The molecular formula is C7H6CrO+2. The smallest absolute Gasteiger partial charge is 0.298 e. The number of benzene rings is 1. The van der Waals surface area contributed by atoms with Gasteiger partial charge in [-0.05, 0) is 0 Å². The first-order valence-corrected chi connectivity index (χ1v) is 2.44. The van der Waals surface area contributed by atoms with Crippen LogP contribution < -0.4 is 0 Å². The van der Waals surface area contributed by atoms with Gasteiger partial charge in [0.25, 0.3) is 0 Å². The van der Waals surface area contributed by atoms with Crippen LogP contribution in [0.15, 0.2) is 30.3 Å². The molecule has 0 spiro atoms. The van der Waals surface area contributed by atoms with Crippen molar-refractivity contribution >= 4 is 6.29 Å². The number of hydrogen-bond acceptors (Lipinski definition) is 1. The van der Waals surface area contributed by atoms with Crippen LogP contribution in [0.3, 0.4) is 0 Å². The van der Waals surface area contributed by atoms with Gasteiger partial charge in [0.05, 0.1) is 0 Å². The average molecular weight is 158 g/mol. The molecule has 0 aromatic heterocycles. The fourth-order valence-electron chi connectivity index (χ4n) is 0.532. The van der Waals surface area contributed by atoms with E-state index in [-0.39, 0.29) is 17.4 Å². The van der Waals surface area contributed by atoms with Crippen molar-refractivity contribution < 1.29 is 22.2 Å². The van der Waals surface area contributed by atoms with E-state index in [9.17, 15) is 4.79 Å². The van der Waals surface area contributed by atoms with Crippen LogP contribution in [0.1, 0.15) is 10.4 Å². The summed E-state index contributed by atoms with van der Waals surface area (Å²) >= 11 is 0. The fourth-order valence-corrected chi connectivity index (χ4v) is 0.532. The Morgan fingerprint density at radius 2 is 1.67 bits per heavy atom. The van der Waals surface area contributed by atoms with Crippen LogP contribution in [0.25, 0.3) is 0 Å². The Balaban J connectivity index is 0.000000640. The first-order valence-electron chi connectivity index (χ1n) is 2.44. The molecule has 0 amide bonds. The van der Waals surface area contributed by atoms with Crippen molar-refractivity contribution in [1.29, 1.82) is 0 Å². The van der Waals surface area contributed by atoms with Gasteiger partial charge in [-0.2, -0.15) is 0 Å². The molecule has 0 aliphatic heterocycles. The molecule has 1 rings (SSSR count). The second kappa shape index (κ2) is 4.32. The molecular weight excluding hydrogens is 152 g/mol.